The van der Waals surface area contributed by atoms with Gasteiger partial charge in [0.1, 0.15) is 11.6 Å². The number of hydrogen-bond acceptors (Lipinski definition) is 2. The van der Waals surface area contributed by atoms with Crippen LogP contribution in [0.15, 0.2) is 24.3 Å². The van der Waals surface area contributed by atoms with Crippen molar-refractivity contribution in [1.82, 2.24) is 0 Å². The summed E-state index contributed by atoms with van der Waals surface area (Å²) in [7, 11) is 0. The summed E-state index contributed by atoms with van der Waals surface area (Å²) in [6.45, 7) is -0.522. The predicted molar refractivity (Wildman–Crippen MR) is 37.6 cm³/mol. The van der Waals surface area contributed by atoms with E-state index in [0.717, 1.165) is 0 Å². The van der Waals surface area contributed by atoms with E-state index >= 15 is 0 Å². The number of hydrogen-bond donors (Lipinski definition) is 0. The zero-order chi connectivity index (χ0) is 8.97. The van der Waals surface area contributed by atoms with Crippen LogP contribution in [-0.2, 0) is 9.90 Å². The molecule has 1 rings (SSSR count). The van der Waals surface area contributed by atoms with E-state index < -0.39 is 18.4 Å². The molecule has 0 bridgehead atoms. The Labute approximate surface area is 68.4 Å². The van der Waals surface area contributed by atoms with Crippen LogP contribution in [0.4, 0.5) is 4.39 Å². The van der Waals surface area contributed by atoms with E-state index in [-0.39, 0.29) is 0 Å². The highest BCUT2D eigenvalue weighted by Gasteiger charge is 2.00. The average molecular weight is 169 g/mol. The molecule has 0 aliphatic heterocycles. The van der Waals surface area contributed by atoms with Gasteiger partial charge in [-0.25, -0.2) is 14.3 Å². The van der Waals surface area contributed by atoms with E-state index in [1.807, 2.05) is 0 Å². The van der Waals surface area contributed by atoms with Crippen molar-refractivity contribution in [1.29, 1.82) is 0 Å². The van der Waals surface area contributed by atoms with Crippen molar-refractivity contribution in [3.05, 3.63) is 30.1 Å². The minimum Gasteiger partial charge on any atom is -0.482 e. The van der Waals surface area contributed by atoms with Crippen LogP contribution >= 0.6 is 0 Å². The van der Waals surface area contributed by atoms with Gasteiger partial charge < -0.3 is 4.74 Å². The average Bonchev–Trinajstić information content (AvgIpc) is 2.03. The molecule has 0 unspecified atom stereocenters. The lowest BCUT2D eigenvalue weighted by atomic mass is 10.3. The fraction of sp³-hybridized carbons (Fsp3) is 0.125. The second-order valence-electron chi connectivity index (χ2n) is 2.11. The summed E-state index contributed by atoms with van der Waals surface area (Å²) in [5, 5.41) is 9.93. The topological polar surface area (TPSA) is 46.2 Å². The maximum Gasteiger partial charge on any atom is 0.392 e. The van der Waals surface area contributed by atoms with Crippen molar-refractivity contribution in [2.75, 3.05) is 6.61 Å². The van der Waals surface area contributed by atoms with Crippen molar-refractivity contribution in [3.8, 4) is 5.75 Å². The Balaban J connectivity index is 2.53. The molecule has 63 valence electrons. The van der Waals surface area contributed by atoms with Crippen LogP contribution in [-0.4, -0.2) is 12.6 Å². The number of carbonyl (C=O) groups is 1. The van der Waals surface area contributed by atoms with E-state index in [1.54, 1.807) is 0 Å². The first-order valence-electron chi connectivity index (χ1n) is 3.26. The summed E-state index contributed by atoms with van der Waals surface area (Å²) in [4.78, 5) is 9.93. The second kappa shape index (κ2) is 3.71. The largest absolute Gasteiger partial charge is 0.482 e. The third kappa shape index (κ3) is 2.57. The fourth-order valence-electron chi connectivity index (χ4n) is 0.673. The normalized spacial score (nSPS) is 9.42. The molecule has 12 heavy (non-hydrogen) atoms. The Hall–Kier alpha value is -1.58. The molecule has 1 aromatic carbocycles. The van der Waals surface area contributed by atoms with Gasteiger partial charge in [0.2, 0.25) is 0 Å². The summed E-state index contributed by atoms with van der Waals surface area (Å²) in [5.74, 6) is -1.39. The first-order valence-corrected chi connectivity index (χ1v) is 3.26. The third-order valence-electron chi connectivity index (χ3n) is 1.17. The number of carbonyl (C=O) groups excluding carboxylic acids is 1. The first kappa shape index (κ1) is 8.52. The molecule has 0 fully saturated rings. The number of halogens is 1. The zero-order valence-electron chi connectivity index (χ0n) is 6.12. The summed E-state index contributed by atoms with van der Waals surface area (Å²) in [6.07, 6.45) is 0. The molecule has 0 N–H and O–H groups in total. The van der Waals surface area contributed by atoms with Crippen molar-refractivity contribution in [2.24, 2.45) is 0 Å². The standard InChI is InChI=1S/C8H6FO3/c9-6-1-3-7(4-2-6)12-5-8(10)11/h1-4H,5H2. The van der Waals surface area contributed by atoms with Gasteiger partial charge in [0, 0.05) is 0 Å². The Morgan fingerprint density at radius 2 is 1.92 bits per heavy atom. The molecule has 0 aromatic heterocycles. The molecule has 0 spiro atoms. The Morgan fingerprint density at radius 3 is 2.42 bits per heavy atom. The molecule has 1 radical (unpaired) electrons. The molecule has 0 heterocycles. The molecule has 1 aromatic rings. The quantitative estimate of drug-likeness (QED) is 0.681. The van der Waals surface area contributed by atoms with Gasteiger partial charge in [0.25, 0.3) is 0 Å². The highest BCUT2D eigenvalue weighted by Crippen LogP contribution is 2.10. The lowest BCUT2D eigenvalue weighted by Crippen LogP contribution is -2.07. The minimum absolute atomic E-state index is 0.306. The molecular formula is C8H6FO3. The van der Waals surface area contributed by atoms with Crippen molar-refractivity contribution >= 4 is 5.97 Å². The van der Waals surface area contributed by atoms with E-state index in [0.29, 0.717) is 5.75 Å². The maximum absolute atomic E-state index is 12.3. The van der Waals surface area contributed by atoms with Gasteiger partial charge in [0.05, 0.1) is 0 Å². The van der Waals surface area contributed by atoms with Crippen LogP contribution in [0.1, 0.15) is 0 Å². The van der Waals surface area contributed by atoms with E-state index in [2.05, 4.69) is 0 Å². The van der Waals surface area contributed by atoms with Crippen molar-refractivity contribution in [2.45, 2.75) is 0 Å². The van der Waals surface area contributed by atoms with E-state index in [1.165, 1.54) is 24.3 Å². The molecule has 0 saturated heterocycles. The zero-order valence-corrected chi connectivity index (χ0v) is 6.12. The van der Waals surface area contributed by atoms with Gasteiger partial charge in [-0.1, -0.05) is 0 Å². The lowest BCUT2D eigenvalue weighted by Gasteiger charge is -2.00. The molecule has 3 nitrogen and oxygen atoms in total. The molecule has 0 atom stereocenters. The van der Waals surface area contributed by atoms with Crippen LogP contribution in [0.3, 0.4) is 0 Å². The monoisotopic (exact) mass is 169 g/mol. The van der Waals surface area contributed by atoms with E-state index in [4.69, 9.17) is 4.74 Å². The fourth-order valence-corrected chi connectivity index (χ4v) is 0.673. The summed E-state index contributed by atoms with van der Waals surface area (Å²) in [5.41, 5.74) is 0. The molecule has 0 aliphatic carbocycles. The smallest absolute Gasteiger partial charge is 0.392 e. The maximum atomic E-state index is 12.3. The van der Waals surface area contributed by atoms with Crippen LogP contribution < -0.4 is 4.74 Å². The molecule has 0 aliphatic rings. The molecular weight excluding hydrogens is 163 g/mol. The number of rotatable bonds is 3. The van der Waals surface area contributed by atoms with Crippen LogP contribution in [0, 0.1) is 5.82 Å². The van der Waals surface area contributed by atoms with Crippen LogP contribution in [0.5, 0.6) is 5.75 Å². The molecule has 4 heteroatoms. The Bertz CT molecular complexity index is 268. The highest BCUT2D eigenvalue weighted by atomic mass is 19.1. The molecule has 0 amide bonds. The molecule has 0 saturated carbocycles. The lowest BCUT2D eigenvalue weighted by molar-refractivity contribution is -0.145. The SMILES string of the molecule is [O]C(=O)COc1ccc(F)cc1. The predicted octanol–water partition coefficient (Wildman–Crippen LogP) is 1.16. The van der Waals surface area contributed by atoms with Crippen LogP contribution in [0.2, 0.25) is 0 Å². The minimum atomic E-state index is -1.31. The summed E-state index contributed by atoms with van der Waals surface area (Å²) >= 11 is 0. The summed E-state index contributed by atoms with van der Waals surface area (Å²) in [6, 6.07) is 5.06. The van der Waals surface area contributed by atoms with Gasteiger partial charge in [-0.2, -0.15) is 0 Å². The van der Waals surface area contributed by atoms with Gasteiger partial charge in [-0.3, -0.25) is 0 Å². The van der Waals surface area contributed by atoms with Crippen LogP contribution in [0.25, 0.3) is 0 Å². The summed E-state index contributed by atoms with van der Waals surface area (Å²) < 4.78 is 17.0. The third-order valence-corrected chi connectivity index (χ3v) is 1.17. The number of ether oxygens (including phenoxy) is 1. The second-order valence-corrected chi connectivity index (χ2v) is 2.11. The van der Waals surface area contributed by atoms with Gasteiger partial charge in [-0.05, 0) is 24.3 Å². The van der Waals surface area contributed by atoms with Gasteiger partial charge in [-0.15, -0.1) is 0 Å². The van der Waals surface area contributed by atoms with Crippen molar-refractivity contribution < 1.29 is 19.0 Å². The Morgan fingerprint density at radius 1 is 1.33 bits per heavy atom. The van der Waals surface area contributed by atoms with Gasteiger partial charge in [0.15, 0.2) is 6.61 Å². The van der Waals surface area contributed by atoms with Gasteiger partial charge >= 0.3 is 5.97 Å². The number of benzene rings is 1. The van der Waals surface area contributed by atoms with E-state index in [9.17, 15) is 14.3 Å². The highest BCUT2D eigenvalue weighted by molar-refractivity contribution is 5.68. The first-order chi connectivity index (χ1) is 5.68. The van der Waals surface area contributed by atoms with Crippen molar-refractivity contribution in [3.63, 3.8) is 0 Å². The Kier molecular flexibility index (Phi) is 2.63.